The van der Waals surface area contributed by atoms with Gasteiger partial charge in [-0.15, -0.1) is 0 Å². The summed E-state index contributed by atoms with van der Waals surface area (Å²) < 4.78 is 15.7. The van der Waals surface area contributed by atoms with Gasteiger partial charge in [0, 0.05) is 18.8 Å². The van der Waals surface area contributed by atoms with E-state index in [0.717, 1.165) is 11.1 Å². The third-order valence-corrected chi connectivity index (χ3v) is 5.78. The zero-order chi connectivity index (χ0) is 21.1. The quantitative estimate of drug-likeness (QED) is 0.426. The molecule has 3 heterocycles. The van der Waals surface area contributed by atoms with Crippen molar-refractivity contribution in [2.75, 3.05) is 0 Å². The molecule has 152 valence electrons. The molecule has 0 aliphatic heterocycles. The summed E-state index contributed by atoms with van der Waals surface area (Å²) in [4.78, 5) is 34.3. The maximum Gasteiger partial charge on any atom is 0.352 e. The lowest BCUT2D eigenvalue weighted by Gasteiger charge is -2.00. The van der Waals surface area contributed by atoms with Crippen molar-refractivity contribution >= 4 is 17.1 Å². The zero-order valence-electron chi connectivity index (χ0n) is 16.2. The summed E-state index contributed by atoms with van der Waals surface area (Å²) >= 11 is 1.18. The van der Waals surface area contributed by atoms with Crippen LogP contribution in [-0.2, 0) is 13.0 Å². The van der Waals surface area contributed by atoms with E-state index in [0.29, 0.717) is 28.5 Å². The van der Waals surface area contributed by atoms with Gasteiger partial charge >= 0.3 is 5.69 Å². The topological polar surface area (TPSA) is 82.7 Å². The summed E-state index contributed by atoms with van der Waals surface area (Å²) in [6, 6.07) is 9.66. The first kappa shape index (κ1) is 19.8. The summed E-state index contributed by atoms with van der Waals surface area (Å²) in [7, 11) is 0. The molecule has 1 aromatic carbocycles. The Morgan fingerprint density at radius 1 is 1.17 bits per heavy atom. The maximum absolute atomic E-state index is 13.1. The number of hydrogen-bond donors (Lipinski definition) is 0. The predicted molar refractivity (Wildman–Crippen MR) is 111 cm³/mol. The lowest BCUT2D eigenvalue weighted by molar-refractivity contribution is 0.0986. The van der Waals surface area contributed by atoms with E-state index in [1.165, 1.54) is 39.0 Å². The smallest absolute Gasteiger partial charge is 0.293 e. The van der Waals surface area contributed by atoms with Gasteiger partial charge in [-0.05, 0) is 42.7 Å². The van der Waals surface area contributed by atoms with Crippen molar-refractivity contribution in [3.8, 4) is 5.13 Å². The number of aromatic nitrogens is 5. The highest BCUT2D eigenvalue weighted by Crippen LogP contribution is 2.22. The SMILES string of the molecule is Cc1nc(-n2cnn(Cc3ccc(F)cc3)c2=O)sc1C(=O)CCc1cccnc1. The molecule has 0 bridgehead atoms. The molecule has 7 nitrogen and oxygen atoms in total. The second kappa shape index (κ2) is 8.50. The maximum atomic E-state index is 13.1. The number of hydrogen-bond acceptors (Lipinski definition) is 6. The van der Waals surface area contributed by atoms with E-state index in [1.54, 1.807) is 31.5 Å². The van der Waals surface area contributed by atoms with Gasteiger partial charge in [0.1, 0.15) is 12.1 Å². The summed E-state index contributed by atoms with van der Waals surface area (Å²) in [6.45, 7) is 1.97. The monoisotopic (exact) mass is 423 g/mol. The van der Waals surface area contributed by atoms with Gasteiger partial charge in [0.25, 0.3) is 0 Å². The third-order valence-electron chi connectivity index (χ3n) is 4.59. The fourth-order valence-electron chi connectivity index (χ4n) is 3.00. The summed E-state index contributed by atoms with van der Waals surface area (Å²) in [6.07, 6.45) is 5.75. The van der Waals surface area contributed by atoms with Gasteiger partial charge in [-0.25, -0.2) is 23.4 Å². The van der Waals surface area contributed by atoms with Crippen molar-refractivity contribution in [1.29, 1.82) is 0 Å². The average molecular weight is 423 g/mol. The lowest BCUT2D eigenvalue weighted by Crippen LogP contribution is -2.24. The number of halogens is 1. The number of carbonyl (C=O) groups is 1. The Kier molecular flexibility index (Phi) is 5.62. The Morgan fingerprint density at radius 3 is 2.70 bits per heavy atom. The van der Waals surface area contributed by atoms with Crippen LogP contribution in [0.1, 0.15) is 32.9 Å². The molecule has 3 aromatic heterocycles. The molecule has 9 heteroatoms. The second-order valence-electron chi connectivity index (χ2n) is 6.76. The number of benzene rings is 1. The molecule has 30 heavy (non-hydrogen) atoms. The van der Waals surface area contributed by atoms with Crippen LogP contribution in [-0.4, -0.2) is 30.1 Å². The number of rotatable bonds is 7. The molecule has 0 radical (unpaired) electrons. The minimum atomic E-state index is -0.373. The van der Waals surface area contributed by atoms with E-state index in [1.807, 2.05) is 12.1 Å². The Labute approximate surface area is 175 Å². The molecule has 0 saturated carbocycles. The average Bonchev–Trinajstić information content (AvgIpc) is 3.31. The third kappa shape index (κ3) is 4.25. The first-order valence-electron chi connectivity index (χ1n) is 9.30. The Morgan fingerprint density at radius 2 is 1.97 bits per heavy atom. The van der Waals surface area contributed by atoms with Gasteiger partial charge in [0.15, 0.2) is 10.9 Å². The van der Waals surface area contributed by atoms with Crippen LogP contribution in [0, 0.1) is 12.7 Å². The van der Waals surface area contributed by atoms with Crippen molar-refractivity contribution in [1.82, 2.24) is 24.3 Å². The van der Waals surface area contributed by atoms with E-state index in [9.17, 15) is 14.0 Å². The highest BCUT2D eigenvalue weighted by atomic mass is 32.1. The van der Waals surface area contributed by atoms with Crippen molar-refractivity contribution in [3.63, 3.8) is 0 Å². The van der Waals surface area contributed by atoms with Crippen LogP contribution in [0.15, 0.2) is 59.9 Å². The van der Waals surface area contributed by atoms with Crippen molar-refractivity contribution in [2.24, 2.45) is 0 Å². The molecule has 4 rings (SSSR count). The van der Waals surface area contributed by atoms with E-state index in [2.05, 4.69) is 15.1 Å². The van der Waals surface area contributed by atoms with E-state index in [4.69, 9.17) is 0 Å². The molecule has 0 atom stereocenters. The van der Waals surface area contributed by atoms with E-state index < -0.39 is 0 Å². The molecule has 4 aromatic rings. The first-order chi connectivity index (χ1) is 14.5. The fourth-order valence-corrected chi connectivity index (χ4v) is 4.00. The molecule has 0 saturated heterocycles. The largest absolute Gasteiger partial charge is 0.352 e. The Hall–Kier alpha value is -3.46. The zero-order valence-corrected chi connectivity index (χ0v) is 17.0. The summed E-state index contributed by atoms with van der Waals surface area (Å²) in [5.41, 5.74) is 1.96. The highest BCUT2D eigenvalue weighted by Gasteiger charge is 2.18. The van der Waals surface area contributed by atoms with Gasteiger partial charge in [-0.1, -0.05) is 29.5 Å². The summed E-state index contributed by atoms with van der Waals surface area (Å²) in [5, 5.41) is 4.51. The van der Waals surface area contributed by atoms with Crippen molar-refractivity contribution < 1.29 is 9.18 Å². The van der Waals surface area contributed by atoms with Gasteiger partial charge < -0.3 is 0 Å². The van der Waals surface area contributed by atoms with Crippen LogP contribution in [0.3, 0.4) is 0 Å². The normalized spacial score (nSPS) is 11.0. The number of thiazole rings is 1. The van der Waals surface area contributed by atoms with Crippen LogP contribution in [0.2, 0.25) is 0 Å². The second-order valence-corrected chi connectivity index (χ2v) is 7.74. The van der Waals surface area contributed by atoms with Gasteiger partial charge in [-0.3, -0.25) is 9.78 Å². The molecule has 0 amide bonds. The van der Waals surface area contributed by atoms with Crippen molar-refractivity contribution in [2.45, 2.75) is 26.3 Å². The van der Waals surface area contributed by atoms with Crippen molar-refractivity contribution in [3.05, 3.63) is 93.1 Å². The Bertz CT molecular complexity index is 1230. The summed E-state index contributed by atoms with van der Waals surface area (Å²) in [5.74, 6) is -0.359. The van der Waals surface area contributed by atoms with Crippen LogP contribution in [0.5, 0.6) is 0 Å². The Balaban J connectivity index is 1.51. The minimum Gasteiger partial charge on any atom is -0.293 e. The van der Waals surface area contributed by atoms with Gasteiger partial charge in [0.05, 0.1) is 17.1 Å². The number of aryl methyl sites for hydroxylation is 2. The van der Waals surface area contributed by atoms with E-state index >= 15 is 0 Å². The predicted octanol–water partition coefficient (Wildman–Crippen LogP) is 3.20. The number of Topliss-reactive ketones (excluding diaryl/α,β-unsaturated/α-hetero) is 1. The van der Waals surface area contributed by atoms with E-state index in [-0.39, 0.29) is 23.8 Å². The van der Waals surface area contributed by atoms with Crippen LogP contribution in [0.25, 0.3) is 5.13 Å². The molecule has 0 aliphatic rings. The van der Waals surface area contributed by atoms with Crippen LogP contribution < -0.4 is 5.69 Å². The van der Waals surface area contributed by atoms with Crippen LogP contribution >= 0.6 is 11.3 Å². The molecular formula is C21H18FN5O2S. The fraction of sp³-hybridized carbons (Fsp3) is 0.190. The molecular weight excluding hydrogens is 405 g/mol. The van der Waals surface area contributed by atoms with Crippen LogP contribution in [0.4, 0.5) is 4.39 Å². The van der Waals surface area contributed by atoms with Gasteiger partial charge in [-0.2, -0.15) is 5.10 Å². The number of carbonyl (C=O) groups excluding carboxylic acids is 1. The number of nitrogens with zero attached hydrogens (tertiary/aromatic N) is 5. The molecule has 0 aliphatic carbocycles. The molecule has 0 unspecified atom stereocenters. The molecule has 0 N–H and O–H groups in total. The number of ketones is 1. The number of pyridine rings is 1. The lowest BCUT2D eigenvalue weighted by atomic mass is 10.1. The minimum absolute atomic E-state index is 0.0214. The first-order valence-corrected chi connectivity index (χ1v) is 10.1. The standard InChI is InChI=1S/C21H18FN5O2S/c1-14-19(18(28)9-6-15-3-2-10-23-11-15)30-20(25-14)26-13-24-27(21(26)29)12-16-4-7-17(22)8-5-16/h2-5,7-8,10-11,13H,6,9,12H2,1H3. The highest BCUT2D eigenvalue weighted by molar-refractivity contribution is 7.16. The molecule has 0 fully saturated rings. The molecule has 0 spiro atoms. The van der Waals surface area contributed by atoms with Gasteiger partial charge in [0.2, 0.25) is 0 Å².